The van der Waals surface area contributed by atoms with E-state index in [-0.39, 0.29) is 33.4 Å². The fourth-order valence-corrected chi connectivity index (χ4v) is 8.81. The number of hydrogen-bond acceptors (Lipinski definition) is 9. The molecule has 1 unspecified atom stereocenters. The number of unbranched alkanes of at least 4 members (excludes halogenated alkanes) is 10. The Morgan fingerprint density at radius 1 is 0.685 bits per heavy atom. The van der Waals surface area contributed by atoms with Crippen LogP contribution in [0, 0.1) is 0 Å². The number of fused-ring (bicyclic) bond motifs is 1. The van der Waals surface area contributed by atoms with Crippen molar-refractivity contribution in [2.45, 2.75) is 111 Å². The second-order valence-electron chi connectivity index (χ2n) is 14.9. The van der Waals surface area contributed by atoms with Crippen LogP contribution in [0.4, 0.5) is 5.69 Å². The van der Waals surface area contributed by atoms with Gasteiger partial charge in [0, 0.05) is 74.9 Å². The van der Waals surface area contributed by atoms with Crippen LogP contribution in [0.3, 0.4) is 0 Å². The van der Waals surface area contributed by atoms with Crippen molar-refractivity contribution in [3.05, 3.63) is 49.3 Å². The Labute approximate surface area is 317 Å². The van der Waals surface area contributed by atoms with Gasteiger partial charge in [0.15, 0.2) is 5.75 Å². The summed E-state index contributed by atoms with van der Waals surface area (Å²) in [4.78, 5) is 34.5. The van der Waals surface area contributed by atoms with E-state index in [4.69, 9.17) is 19.2 Å². The Hall–Kier alpha value is -4.79. The summed E-state index contributed by atoms with van der Waals surface area (Å²) in [6.07, 6.45) is 15.5. The first-order valence-corrected chi connectivity index (χ1v) is 19.8. The second-order valence-corrected chi connectivity index (χ2v) is 14.9. The van der Waals surface area contributed by atoms with Gasteiger partial charge in [-0.1, -0.05) is 89.7 Å². The summed E-state index contributed by atoms with van der Waals surface area (Å²) < 4.78 is 17.8. The molecule has 9 nitrogen and oxygen atoms in total. The van der Waals surface area contributed by atoms with Gasteiger partial charge in [0.05, 0.1) is 37.8 Å². The number of nitrogens with zero attached hydrogens (tertiary/aromatic N) is 1. The minimum Gasteiger partial charge on any atom is -0.507 e. The highest BCUT2D eigenvalue weighted by Crippen LogP contribution is 2.56. The monoisotopic (exact) mass is 736 g/mol. The van der Waals surface area contributed by atoms with Gasteiger partial charge < -0.3 is 29.7 Å². The Morgan fingerprint density at radius 3 is 1.80 bits per heavy atom. The number of aromatic hydroxyl groups is 2. The van der Waals surface area contributed by atoms with Crippen molar-refractivity contribution in [1.29, 1.82) is 0 Å². The summed E-state index contributed by atoms with van der Waals surface area (Å²) in [5.74, 6) is -0.186. The van der Waals surface area contributed by atoms with E-state index in [1.165, 1.54) is 78.4 Å². The lowest BCUT2D eigenvalue weighted by Crippen LogP contribution is -2.18. The number of ether oxygens (including phenoxy) is 3. The Bertz CT molecular complexity index is 2350. The van der Waals surface area contributed by atoms with E-state index < -0.39 is 11.3 Å². The number of phenolic OH excluding ortho intramolecular Hbond substituents is 2. The minimum atomic E-state index is -0.474. The zero-order valence-corrected chi connectivity index (χ0v) is 33.1. The van der Waals surface area contributed by atoms with E-state index in [9.17, 15) is 19.8 Å². The zero-order valence-electron chi connectivity index (χ0n) is 33.1. The SMILES string of the molecule is CCCCCCCC/N=C(\C)C1C(C)=Cc2c(NCCCCCCCC)c(=O)c3c(O)cc(OC)c4c5c(OC)cc(O)c6c(=O)c(OC)c1c(c2c34)c65. The number of methoxy groups -OCH3 is 3. The number of rotatable bonds is 19. The average Bonchev–Trinajstić information content (AvgIpc) is 3.29. The second kappa shape index (κ2) is 16.7. The highest BCUT2D eigenvalue weighted by atomic mass is 16.5. The molecule has 0 saturated carbocycles. The summed E-state index contributed by atoms with van der Waals surface area (Å²) in [6.45, 7) is 9.65. The summed E-state index contributed by atoms with van der Waals surface area (Å²) in [7, 11) is 4.49. The van der Waals surface area contributed by atoms with Gasteiger partial charge in [-0.05, 0) is 32.1 Å². The molecule has 288 valence electrons. The molecule has 6 rings (SSSR count). The number of anilines is 1. The van der Waals surface area contributed by atoms with Gasteiger partial charge in [-0.15, -0.1) is 0 Å². The Morgan fingerprint density at radius 2 is 1.22 bits per heavy atom. The summed E-state index contributed by atoms with van der Waals surface area (Å²) in [5, 5.41) is 30.3. The van der Waals surface area contributed by atoms with E-state index in [1.54, 1.807) is 0 Å². The van der Waals surface area contributed by atoms with Crippen molar-refractivity contribution < 1.29 is 24.4 Å². The molecule has 1 atom stereocenters. The van der Waals surface area contributed by atoms with Crippen LogP contribution in [0.15, 0.2) is 32.3 Å². The smallest absolute Gasteiger partial charge is 0.232 e. The van der Waals surface area contributed by atoms with E-state index in [1.807, 2.05) is 19.9 Å². The molecule has 0 heterocycles. The van der Waals surface area contributed by atoms with Crippen LogP contribution in [0.25, 0.3) is 49.2 Å². The van der Waals surface area contributed by atoms with Crippen molar-refractivity contribution in [1.82, 2.24) is 0 Å². The van der Waals surface area contributed by atoms with Gasteiger partial charge in [0.2, 0.25) is 10.9 Å². The van der Waals surface area contributed by atoms with Crippen molar-refractivity contribution in [2.75, 3.05) is 39.7 Å². The molecule has 5 aromatic rings. The first-order valence-electron chi connectivity index (χ1n) is 19.8. The Kier molecular flexibility index (Phi) is 12.0. The van der Waals surface area contributed by atoms with Gasteiger partial charge in [-0.2, -0.15) is 0 Å². The molecule has 0 aliphatic heterocycles. The lowest BCUT2D eigenvalue weighted by atomic mass is 9.80. The molecular formula is C45H56N2O7. The first kappa shape index (κ1) is 38.9. The van der Waals surface area contributed by atoms with Crippen LogP contribution in [0.5, 0.6) is 28.7 Å². The minimum absolute atomic E-state index is 0.0917. The van der Waals surface area contributed by atoms with Gasteiger partial charge in [0.1, 0.15) is 23.0 Å². The molecule has 0 amide bonds. The van der Waals surface area contributed by atoms with Crippen molar-refractivity contribution >= 4 is 60.6 Å². The molecule has 0 spiro atoms. The van der Waals surface area contributed by atoms with Crippen LogP contribution >= 0.6 is 0 Å². The average molecular weight is 737 g/mol. The molecule has 0 aromatic heterocycles. The topological polar surface area (TPSA) is 127 Å². The van der Waals surface area contributed by atoms with E-state index in [0.717, 1.165) is 43.4 Å². The summed E-state index contributed by atoms with van der Waals surface area (Å²) >= 11 is 0. The van der Waals surface area contributed by atoms with Crippen LogP contribution in [-0.2, 0) is 0 Å². The van der Waals surface area contributed by atoms with Gasteiger partial charge in [-0.25, -0.2) is 0 Å². The van der Waals surface area contributed by atoms with E-state index >= 15 is 0 Å². The van der Waals surface area contributed by atoms with Crippen LogP contribution in [0.1, 0.15) is 122 Å². The zero-order chi connectivity index (χ0) is 38.7. The maximum Gasteiger partial charge on any atom is 0.232 e. The van der Waals surface area contributed by atoms with Crippen molar-refractivity contribution in [3.63, 3.8) is 0 Å². The molecule has 0 bridgehead atoms. The predicted octanol–water partition coefficient (Wildman–Crippen LogP) is 10.4. The third kappa shape index (κ3) is 6.64. The number of allylic oxidation sites excluding steroid dienone is 1. The molecule has 54 heavy (non-hydrogen) atoms. The maximum atomic E-state index is 14.8. The van der Waals surface area contributed by atoms with Crippen LogP contribution in [-0.4, -0.2) is 50.3 Å². The lowest BCUT2D eigenvalue weighted by molar-refractivity contribution is 0.406. The molecule has 0 fully saturated rings. The van der Waals surface area contributed by atoms with Gasteiger partial charge in [-0.3, -0.25) is 14.6 Å². The number of benzene rings is 5. The molecule has 1 aliphatic rings. The van der Waals surface area contributed by atoms with Crippen molar-refractivity contribution in [3.8, 4) is 28.7 Å². The molecule has 0 radical (unpaired) electrons. The number of hydrogen-bond donors (Lipinski definition) is 3. The summed E-state index contributed by atoms with van der Waals surface area (Å²) in [5.41, 5.74) is 2.62. The fourth-order valence-electron chi connectivity index (χ4n) is 8.81. The maximum absolute atomic E-state index is 14.8. The number of nitrogens with one attached hydrogen (secondary N) is 1. The van der Waals surface area contributed by atoms with Crippen LogP contribution in [0.2, 0.25) is 0 Å². The van der Waals surface area contributed by atoms with E-state index in [0.29, 0.717) is 73.7 Å². The standard InChI is InChI=1S/C45H56N2O7/c1-8-10-12-14-16-18-20-46-26(4)32-25(3)22-27-33-38-34(43(50)42(27)47-21-19-17-15-13-11-9-2)28(48)23-30(52-5)36(38)37-31(53-6)24-29(49)35-40(37)39(33)41(32)45(54-7)44(35)51/h22-24,32,47-49H,8-21H2,1-7H3/b46-26+. The molecule has 1 aliphatic carbocycles. The number of aliphatic imine (C=N–C) groups is 1. The third-order valence-electron chi connectivity index (χ3n) is 11.4. The van der Waals surface area contributed by atoms with E-state index in [2.05, 4.69) is 19.2 Å². The number of phenols is 2. The molecule has 3 N–H and O–H groups in total. The molecular weight excluding hydrogens is 681 g/mol. The Balaban J connectivity index is 1.73. The predicted molar refractivity (Wildman–Crippen MR) is 224 cm³/mol. The first-order chi connectivity index (χ1) is 26.2. The van der Waals surface area contributed by atoms with Gasteiger partial charge >= 0.3 is 0 Å². The largest absolute Gasteiger partial charge is 0.507 e. The fraction of sp³-hybridized carbons (Fsp3) is 0.489. The lowest BCUT2D eigenvalue weighted by Gasteiger charge is -2.25. The third-order valence-corrected chi connectivity index (χ3v) is 11.4. The van der Waals surface area contributed by atoms with Crippen molar-refractivity contribution in [2.24, 2.45) is 4.99 Å². The highest BCUT2D eigenvalue weighted by molar-refractivity contribution is 6.39. The quantitative estimate of drug-likeness (QED) is 0.0331. The molecule has 0 saturated heterocycles. The molecule has 5 aromatic carbocycles. The van der Waals surface area contributed by atoms with Gasteiger partial charge in [0.25, 0.3) is 0 Å². The molecule has 9 heteroatoms. The highest BCUT2D eigenvalue weighted by Gasteiger charge is 2.36. The summed E-state index contributed by atoms with van der Waals surface area (Å²) in [6, 6.07) is 2.88. The normalized spacial score (nSPS) is 14.5. The van der Waals surface area contributed by atoms with Crippen LogP contribution < -0.4 is 30.4 Å².